The van der Waals surface area contributed by atoms with E-state index in [9.17, 15) is 0 Å². The van der Waals surface area contributed by atoms with Crippen molar-refractivity contribution in [2.45, 2.75) is 13.8 Å². The molecule has 1 heterocycles. The maximum absolute atomic E-state index is 4.35. The van der Waals surface area contributed by atoms with E-state index >= 15 is 0 Å². The number of benzene rings is 7. The second kappa shape index (κ2) is 9.91. The van der Waals surface area contributed by atoms with Gasteiger partial charge in [0.15, 0.2) is 0 Å². The van der Waals surface area contributed by atoms with Gasteiger partial charge < -0.3 is 0 Å². The summed E-state index contributed by atoms with van der Waals surface area (Å²) < 4.78 is 0. The lowest BCUT2D eigenvalue weighted by Crippen LogP contribution is -1.93. The van der Waals surface area contributed by atoms with Crippen LogP contribution in [0.15, 0.2) is 134 Å². The van der Waals surface area contributed by atoms with Gasteiger partial charge in [-0.25, -0.2) is 9.97 Å². The summed E-state index contributed by atoms with van der Waals surface area (Å²) >= 11 is 0. The van der Waals surface area contributed by atoms with Crippen LogP contribution < -0.4 is 0 Å². The van der Waals surface area contributed by atoms with Gasteiger partial charge >= 0.3 is 0 Å². The first-order valence-electron chi connectivity index (χ1n) is 13.9. The largest absolute Gasteiger partial charge is 0.244 e. The zero-order chi connectivity index (χ0) is 27.1. The first-order valence-corrected chi connectivity index (χ1v) is 13.9. The van der Waals surface area contributed by atoms with E-state index in [4.69, 9.17) is 0 Å². The van der Waals surface area contributed by atoms with E-state index in [1.165, 1.54) is 70.6 Å². The predicted octanol–water partition coefficient (Wildman–Crippen LogP) is 10.6. The Morgan fingerprint density at radius 1 is 0.400 bits per heavy atom. The van der Waals surface area contributed by atoms with Crippen LogP contribution in [0.2, 0.25) is 0 Å². The van der Waals surface area contributed by atoms with Gasteiger partial charge in [-0.05, 0) is 83.2 Å². The average molecular weight is 513 g/mol. The number of nitrogens with zero attached hydrogens (tertiary/aromatic N) is 2. The standard InChI is InChI=1S/C36H22N2.C2H6/c1-2-10-24-18-33-32(17-23(24)9-1)27-12-4-3-11-25(27)19-34(33)36-30-15-7-5-13-28(30)35(26-20-37-22-38-21-26)29-14-6-8-16-31(29)36;1-2/h1-22H;1-2H3. The molecular formula is C38H28N2. The second-order valence-corrected chi connectivity index (χ2v) is 9.86. The lowest BCUT2D eigenvalue weighted by molar-refractivity contribution is 1.17. The van der Waals surface area contributed by atoms with E-state index < -0.39 is 0 Å². The number of fused-ring (bicyclic) bond motifs is 6. The minimum absolute atomic E-state index is 1.03. The molecule has 7 aromatic carbocycles. The zero-order valence-corrected chi connectivity index (χ0v) is 22.6. The van der Waals surface area contributed by atoms with Gasteiger partial charge in [0, 0.05) is 23.5 Å². The normalized spacial score (nSPS) is 11.2. The smallest absolute Gasteiger partial charge is 0.115 e. The Balaban J connectivity index is 0.00000130. The van der Waals surface area contributed by atoms with Crippen LogP contribution in [0.3, 0.4) is 0 Å². The maximum atomic E-state index is 4.35. The molecule has 0 unspecified atom stereocenters. The molecular weight excluding hydrogens is 484 g/mol. The number of hydrogen-bond acceptors (Lipinski definition) is 2. The fourth-order valence-corrected chi connectivity index (χ4v) is 6.15. The van der Waals surface area contributed by atoms with Gasteiger partial charge in [0.1, 0.15) is 6.33 Å². The highest BCUT2D eigenvalue weighted by molar-refractivity contribution is 6.26. The van der Waals surface area contributed by atoms with Crippen molar-refractivity contribution in [1.29, 1.82) is 0 Å². The summed E-state index contributed by atoms with van der Waals surface area (Å²) in [5.41, 5.74) is 4.73. The number of hydrogen-bond donors (Lipinski definition) is 0. The van der Waals surface area contributed by atoms with Crippen LogP contribution >= 0.6 is 0 Å². The molecule has 1 aromatic heterocycles. The first kappa shape index (κ1) is 24.0. The SMILES string of the molecule is CC.c1ccc2cc3c(cc2c1)c(-c1c2ccccc2c(-c2cncnc2)c2ccccc12)cc1ccccc13. The summed E-state index contributed by atoms with van der Waals surface area (Å²) in [5.74, 6) is 0. The van der Waals surface area contributed by atoms with Crippen LogP contribution in [0, 0.1) is 0 Å². The van der Waals surface area contributed by atoms with Gasteiger partial charge in [-0.1, -0.05) is 111 Å². The van der Waals surface area contributed by atoms with Crippen molar-refractivity contribution in [2.75, 3.05) is 0 Å². The van der Waals surface area contributed by atoms with Crippen molar-refractivity contribution in [3.63, 3.8) is 0 Å². The third kappa shape index (κ3) is 3.72. The van der Waals surface area contributed by atoms with Crippen molar-refractivity contribution >= 4 is 53.9 Å². The summed E-state index contributed by atoms with van der Waals surface area (Å²) in [6, 6.07) is 42.0. The molecule has 0 aliphatic carbocycles. The second-order valence-electron chi connectivity index (χ2n) is 9.86. The summed E-state index contributed by atoms with van der Waals surface area (Å²) in [6.45, 7) is 4.00. The molecule has 40 heavy (non-hydrogen) atoms. The minimum atomic E-state index is 1.03. The molecule has 2 heteroatoms. The zero-order valence-electron chi connectivity index (χ0n) is 22.6. The Labute approximate surface area is 233 Å². The van der Waals surface area contributed by atoms with Gasteiger partial charge in [0.2, 0.25) is 0 Å². The van der Waals surface area contributed by atoms with Crippen LogP contribution in [0.4, 0.5) is 0 Å². The quantitative estimate of drug-likeness (QED) is 0.170. The molecule has 0 atom stereocenters. The number of aromatic nitrogens is 2. The van der Waals surface area contributed by atoms with Gasteiger partial charge in [-0.3, -0.25) is 0 Å². The Morgan fingerprint density at radius 3 is 1.43 bits per heavy atom. The van der Waals surface area contributed by atoms with E-state index in [2.05, 4.69) is 125 Å². The lowest BCUT2D eigenvalue weighted by atomic mass is 9.84. The molecule has 0 amide bonds. The molecule has 190 valence electrons. The monoisotopic (exact) mass is 512 g/mol. The van der Waals surface area contributed by atoms with Crippen LogP contribution in [-0.2, 0) is 0 Å². The highest BCUT2D eigenvalue weighted by Crippen LogP contribution is 2.46. The van der Waals surface area contributed by atoms with Crippen molar-refractivity contribution in [1.82, 2.24) is 9.97 Å². The van der Waals surface area contributed by atoms with Crippen LogP contribution in [0.25, 0.3) is 76.1 Å². The molecule has 8 rings (SSSR count). The summed E-state index contributed by atoms with van der Waals surface area (Å²) in [7, 11) is 0. The minimum Gasteiger partial charge on any atom is -0.244 e. The van der Waals surface area contributed by atoms with E-state index in [0.717, 1.165) is 5.56 Å². The predicted molar refractivity (Wildman–Crippen MR) is 172 cm³/mol. The van der Waals surface area contributed by atoms with E-state index in [-0.39, 0.29) is 0 Å². The Hall–Kier alpha value is -5.08. The maximum Gasteiger partial charge on any atom is 0.115 e. The van der Waals surface area contributed by atoms with Gasteiger partial charge in [0.05, 0.1) is 0 Å². The third-order valence-corrected chi connectivity index (χ3v) is 7.78. The van der Waals surface area contributed by atoms with E-state index in [1.807, 2.05) is 26.2 Å². The Kier molecular flexibility index (Phi) is 5.94. The van der Waals surface area contributed by atoms with E-state index in [0.29, 0.717) is 0 Å². The molecule has 0 saturated carbocycles. The lowest BCUT2D eigenvalue weighted by Gasteiger charge is -2.19. The highest BCUT2D eigenvalue weighted by atomic mass is 14.8. The molecule has 0 N–H and O–H groups in total. The average Bonchev–Trinajstić information content (AvgIpc) is 3.04. The molecule has 0 bridgehead atoms. The summed E-state index contributed by atoms with van der Waals surface area (Å²) in [4.78, 5) is 8.70. The first-order chi connectivity index (χ1) is 19.9. The fraction of sp³-hybridized carbons (Fsp3) is 0.0526. The van der Waals surface area contributed by atoms with Crippen molar-refractivity contribution in [2.24, 2.45) is 0 Å². The Bertz CT molecular complexity index is 2120. The summed E-state index contributed by atoms with van der Waals surface area (Å²) in [6.07, 6.45) is 5.42. The Morgan fingerprint density at radius 2 is 0.850 bits per heavy atom. The molecule has 0 radical (unpaired) electrons. The number of rotatable bonds is 2. The molecule has 8 aromatic rings. The fourth-order valence-electron chi connectivity index (χ4n) is 6.15. The topological polar surface area (TPSA) is 25.8 Å². The highest BCUT2D eigenvalue weighted by Gasteiger charge is 2.19. The molecule has 0 fully saturated rings. The third-order valence-electron chi connectivity index (χ3n) is 7.78. The molecule has 0 spiro atoms. The molecule has 0 saturated heterocycles. The summed E-state index contributed by atoms with van der Waals surface area (Å²) in [5, 5.41) is 12.5. The van der Waals surface area contributed by atoms with Crippen LogP contribution in [-0.4, -0.2) is 9.97 Å². The van der Waals surface area contributed by atoms with Gasteiger partial charge in [-0.15, -0.1) is 0 Å². The van der Waals surface area contributed by atoms with Crippen LogP contribution in [0.5, 0.6) is 0 Å². The molecule has 0 aliphatic heterocycles. The molecule has 2 nitrogen and oxygen atoms in total. The van der Waals surface area contributed by atoms with Crippen molar-refractivity contribution in [3.8, 4) is 22.3 Å². The van der Waals surface area contributed by atoms with Gasteiger partial charge in [-0.2, -0.15) is 0 Å². The van der Waals surface area contributed by atoms with E-state index in [1.54, 1.807) is 6.33 Å². The van der Waals surface area contributed by atoms with Crippen molar-refractivity contribution < 1.29 is 0 Å². The molecule has 0 aliphatic rings. The van der Waals surface area contributed by atoms with Crippen molar-refractivity contribution in [3.05, 3.63) is 134 Å². The van der Waals surface area contributed by atoms with Crippen LogP contribution in [0.1, 0.15) is 13.8 Å². The van der Waals surface area contributed by atoms with Gasteiger partial charge in [0.25, 0.3) is 0 Å².